The molecule has 22 heavy (non-hydrogen) atoms. The molecule has 0 aliphatic rings. The number of benzene rings is 2. The molecule has 0 bridgehead atoms. The lowest BCUT2D eigenvalue weighted by molar-refractivity contribution is 0.509. The van der Waals surface area contributed by atoms with Crippen LogP contribution >= 0.6 is 0 Å². The van der Waals surface area contributed by atoms with Crippen molar-refractivity contribution >= 4 is 15.7 Å². The predicted octanol–water partition coefficient (Wildman–Crippen LogP) is 2.80. The maximum Gasteiger partial charge on any atom is 0.239 e. The molecule has 2 rings (SSSR count). The van der Waals surface area contributed by atoms with Gasteiger partial charge in [0.15, 0.2) is 11.6 Å². The van der Waals surface area contributed by atoms with E-state index in [1.165, 1.54) is 19.2 Å². The van der Waals surface area contributed by atoms with Crippen LogP contribution in [0, 0.1) is 23.0 Å². The van der Waals surface area contributed by atoms with Crippen LogP contribution in [0.5, 0.6) is 0 Å². The Balaban J connectivity index is 2.29. The molecule has 2 aromatic carbocycles. The third kappa shape index (κ3) is 3.40. The van der Waals surface area contributed by atoms with Crippen molar-refractivity contribution in [3.63, 3.8) is 0 Å². The van der Waals surface area contributed by atoms with Crippen LogP contribution in [0.25, 0.3) is 0 Å². The van der Waals surface area contributed by atoms with Crippen LogP contribution in [0.15, 0.2) is 42.5 Å². The summed E-state index contributed by atoms with van der Waals surface area (Å²) in [5.41, 5.74) is 0.812. The van der Waals surface area contributed by atoms with E-state index >= 15 is 0 Å². The summed E-state index contributed by atoms with van der Waals surface area (Å²) in [5, 5.41) is 8.82. The molecule has 0 saturated heterocycles. The van der Waals surface area contributed by atoms with Gasteiger partial charge >= 0.3 is 0 Å². The van der Waals surface area contributed by atoms with Gasteiger partial charge in [0.25, 0.3) is 0 Å². The van der Waals surface area contributed by atoms with E-state index in [0.717, 1.165) is 16.4 Å². The number of rotatable bonds is 4. The van der Waals surface area contributed by atoms with Gasteiger partial charge in [0.05, 0.1) is 23.1 Å². The first kappa shape index (κ1) is 15.9. The smallest absolute Gasteiger partial charge is 0.239 e. The van der Waals surface area contributed by atoms with E-state index in [9.17, 15) is 17.2 Å². The van der Waals surface area contributed by atoms with Crippen LogP contribution in [0.1, 0.15) is 11.1 Å². The summed E-state index contributed by atoms with van der Waals surface area (Å²) in [5.74, 6) is -2.51. The Morgan fingerprint density at radius 1 is 1.14 bits per heavy atom. The molecule has 114 valence electrons. The van der Waals surface area contributed by atoms with Crippen molar-refractivity contribution < 1.29 is 17.2 Å². The molecule has 0 aliphatic heterocycles. The molecule has 7 heteroatoms. The van der Waals surface area contributed by atoms with Gasteiger partial charge in [-0.1, -0.05) is 12.1 Å². The Morgan fingerprint density at radius 2 is 1.86 bits per heavy atom. The molecule has 0 spiro atoms. The van der Waals surface area contributed by atoms with Gasteiger partial charge in [-0.15, -0.1) is 0 Å². The Bertz CT molecular complexity index is 845. The summed E-state index contributed by atoms with van der Waals surface area (Å²) in [6.45, 7) is 0. The average Bonchev–Trinajstić information content (AvgIpc) is 2.49. The summed E-state index contributed by atoms with van der Waals surface area (Å²) < 4.78 is 51.7. The zero-order chi connectivity index (χ0) is 16.3. The third-order valence-electron chi connectivity index (χ3n) is 3.09. The summed E-state index contributed by atoms with van der Waals surface area (Å²) in [7, 11) is -2.53. The van der Waals surface area contributed by atoms with Crippen LogP contribution in [0.2, 0.25) is 0 Å². The standard InChI is InChI=1S/C15H12F2N2O2S/c1-19(13-5-6-14(16)15(17)8-13)22(20,21)10-12-4-2-3-11(7-12)9-18/h2-8H,10H2,1H3. The minimum absolute atomic E-state index is 0.0235. The Labute approximate surface area is 127 Å². The van der Waals surface area contributed by atoms with Crippen molar-refractivity contribution in [3.8, 4) is 6.07 Å². The van der Waals surface area contributed by atoms with Crippen LogP contribution in [0.3, 0.4) is 0 Å². The molecule has 0 radical (unpaired) electrons. The van der Waals surface area contributed by atoms with Crippen molar-refractivity contribution in [2.24, 2.45) is 0 Å². The molecule has 0 saturated carbocycles. The number of hydrogen-bond donors (Lipinski definition) is 0. The first-order chi connectivity index (χ1) is 10.3. The minimum Gasteiger partial charge on any atom is -0.273 e. The summed E-state index contributed by atoms with van der Waals surface area (Å²) in [6, 6.07) is 11.0. The maximum absolute atomic E-state index is 13.2. The van der Waals surface area contributed by atoms with Crippen LogP contribution in [-0.4, -0.2) is 15.5 Å². The maximum atomic E-state index is 13.2. The number of hydrogen-bond acceptors (Lipinski definition) is 3. The van der Waals surface area contributed by atoms with E-state index < -0.39 is 21.7 Å². The van der Waals surface area contributed by atoms with E-state index in [0.29, 0.717) is 11.1 Å². The number of anilines is 1. The van der Waals surface area contributed by atoms with Gasteiger partial charge in [-0.05, 0) is 29.8 Å². The lowest BCUT2D eigenvalue weighted by Crippen LogP contribution is -2.28. The second-order valence-corrected chi connectivity index (χ2v) is 6.63. The van der Waals surface area contributed by atoms with E-state index in [1.54, 1.807) is 18.2 Å². The fraction of sp³-hybridized carbons (Fsp3) is 0.133. The van der Waals surface area contributed by atoms with Crippen LogP contribution < -0.4 is 4.31 Å². The van der Waals surface area contributed by atoms with Gasteiger partial charge in [-0.2, -0.15) is 5.26 Å². The first-order valence-electron chi connectivity index (χ1n) is 6.24. The van der Waals surface area contributed by atoms with Gasteiger partial charge in [0.2, 0.25) is 10.0 Å². The highest BCUT2D eigenvalue weighted by Gasteiger charge is 2.20. The van der Waals surface area contributed by atoms with Crippen molar-refractivity contribution in [3.05, 3.63) is 65.2 Å². The Morgan fingerprint density at radius 3 is 2.50 bits per heavy atom. The lowest BCUT2D eigenvalue weighted by atomic mass is 10.2. The quantitative estimate of drug-likeness (QED) is 0.869. The summed E-state index contributed by atoms with van der Waals surface area (Å²) in [4.78, 5) is 0. The van der Waals surface area contributed by atoms with Crippen molar-refractivity contribution in [2.75, 3.05) is 11.4 Å². The van der Waals surface area contributed by atoms with Gasteiger partial charge in [0.1, 0.15) is 0 Å². The molecular weight excluding hydrogens is 310 g/mol. The van der Waals surface area contributed by atoms with Crippen LogP contribution in [0.4, 0.5) is 14.5 Å². The summed E-state index contributed by atoms with van der Waals surface area (Å²) in [6.07, 6.45) is 0. The highest BCUT2D eigenvalue weighted by molar-refractivity contribution is 7.92. The normalized spacial score (nSPS) is 11.0. The number of halogens is 2. The Kier molecular flexibility index (Phi) is 4.43. The average molecular weight is 322 g/mol. The van der Waals surface area contributed by atoms with Gasteiger partial charge in [-0.25, -0.2) is 17.2 Å². The molecular formula is C15H12F2N2O2S. The highest BCUT2D eigenvalue weighted by Crippen LogP contribution is 2.21. The fourth-order valence-electron chi connectivity index (χ4n) is 1.88. The largest absolute Gasteiger partial charge is 0.273 e. The molecule has 0 aromatic heterocycles. The topological polar surface area (TPSA) is 61.2 Å². The fourth-order valence-corrected chi connectivity index (χ4v) is 3.11. The van der Waals surface area contributed by atoms with Gasteiger partial charge in [-0.3, -0.25) is 4.31 Å². The molecule has 0 amide bonds. The number of nitrogens with zero attached hydrogens (tertiary/aromatic N) is 2. The van der Waals surface area contributed by atoms with E-state index in [-0.39, 0.29) is 11.4 Å². The van der Waals surface area contributed by atoms with E-state index in [2.05, 4.69) is 0 Å². The zero-order valence-electron chi connectivity index (χ0n) is 11.6. The van der Waals surface area contributed by atoms with Gasteiger partial charge < -0.3 is 0 Å². The van der Waals surface area contributed by atoms with Crippen molar-refractivity contribution in [1.29, 1.82) is 5.26 Å². The first-order valence-corrected chi connectivity index (χ1v) is 7.85. The molecule has 2 aromatic rings. The predicted molar refractivity (Wildman–Crippen MR) is 78.5 cm³/mol. The minimum atomic E-state index is -3.79. The molecule has 0 N–H and O–H groups in total. The van der Waals surface area contributed by atoms with E-state index in [4.69, 9.17) is 5.26 Å². The number of sulfonamides is 1. The molecule has 0 fully saturated rings. The molecule has 0 heterocycles. The third-order valence-corrected chi connectivity index (χ3v) is 4.83. The second kappa shape index (κ2) is 6.12. The zero-order valence-corrected chi connectivity index (χ0v) is 12.4. The molecule has 4 nitrogen and oxygen atoms in total. The molecule has 0 aliphatic carbocycles. The Hall–Kier alpha value is -2.46. The van der Waals surface area contributed by atoms with E-state index in [1.807, 2.05) is 6.07 Å². The van der Waals surface area contributed by atoms with Crippen molar-refractivity contribution in [1.82, 2.24) is 0 Å². The van der Waals surface area contributed by atoms with Crippen LogP contribution in [-0.2, 0) is 15.8 Å². The summed E-state index contributed by atoms with van der Waals surface area (Å²) >= 11 is 0. The number of nitriles is 1. The SMILES string of the molecule is CN(c1ccc(F)c(F)c1)S(=O)(=O)Cc1cccc(C#N)c1. The second-order valence-electron chi connectivity index (χ2n) is 4.63. The lowest BCUT2D eigenvalue weighted by Gasteiger charge is -2.19. The molecule has 0 unspecified atom stereocenters. The monoisotopic (exact) mass is 322 g/mol. The molecule has 0 atom stereocenters. The van der Waals surface area contributed by atoms with Gasteiger partial charge in [0, 0.05) is 13.1 Å². The highest BCUT2D eigenvalue weighted by atomic mass is 32.2. The van der Waals surface area contributed by atoms with Crippen molar-refractivity contribution in [2.45, 2.75) is 5.75 Å².